The summed E-state index contributed by atoms with van der Waals surface area (Å²) in [7, 11) is 0. The molecule has 2 heterocycles. The standard InChI is InChI=1S/C22H20N6O/c23-21(17-5-9-19(10-6-17)26-13-1-2-14-26)28(29)22(24)25-18-7-11-20(12-8-18)27-15-3-4-16-27/h1-16,23,29H,(H2,24,25). The van der Waals surface area contributed by atoms with Gasteiger partial charge in [-0.05, 0) is 72.8 Å². The van der Waals surface area contributed by atoms with E-state index in [0.717, 1.165) is 11.4 Å². The zero-order valence-corrected chi connectivity index (χ0v) is 15.6. The van der Waals surface area contributed by atoms with E-state index in [2.05, 4.69) is 4.99 Å². The van der Waals surface area contributed by atoms with Crippen molar-refractivity contribution in [1.29, 1.82) is 5.41 Å². The number of nitrogens with zero attached hydrogens (tertiary/aromatic N) is 4. The molecule has 0 unspecified atom stereocenters. The highest BCUT2D eigenvalue weighted by Crippen LogP contribution is 2.17. The summed E-state index contributed by atoms with van der Waals surface area (Å²) in [6.07, 6.45) is 7.77. The van der Waals surface area contributed by atoms with E-state index < -0.39 is 0 Å². The van der Waals surface area contributed by atoms with Gasteiger partial charge < -0.3 is 14.9 Å². The molecule has 0 spiro atoms. The molecule has 0 saturated carbocycles. The van der Waals surface area contributed by atoms with E-state index in [1.54, 1.807) is 24.3 Å². The zero-order chi connectivity index (χ0) is 20.2. The van der Waals surface area contributed by atoms with Gasteiger partial charge in [-0.1, -0.05) is 0 Å². The van der Waals surface area contributed by atoms with Gasteiger partial charge in [0.2, 0.25) is 5.96 Å². The van der Waals surface area contributed by atoms with Crippen LogP contribution in [0.3, 0.4) is 0 Å². The van der Waals surface area contributed by atoms with E-state index in [1.165, 1.54) is 0 Å². The summed E-state index contributed by atoms with van der Waals surface area (Å²) in [5.41, 5.74) is 8.95. The van der Waals surface area contributed by atoms with Crippen LogP contribution < -0.4 is 5.73 Å². The zero-order valence-electron chi connectivity index (χ0n) is 15.6. The molecule has 29 heavy (non-hydrogen) atoms. The van der Waals surface area contributed by atoms with Gasteiger partial charge in [0, 0.05) is 41.7 Å². The minimum atomic E-state index is -0.182. The number of hydrogen-bond donors (Lipinski definition) is 3. The first kappa shape index (κ1) is 18.3. The summed E-state index contributed by atoms with van der Waals surface area (Å²) in [4.78, 5) is 4.20. The van der Waals surface area contributed by atoms with Crippen molar-refractivity contribution in [1.82, 2.24) is 14.2 Å². The highest BCUT2D eigenvalue weighted by atomic mass is 16.5. The number of rotatable bonds is 4. The lowest BCUT2D eigenvalue weighted by Crippen LogP contribution is -2.39. The van der Waals surface area contributed by atoms with Crippen LogP contribution in [-0.4, -0.2) is 31.2 Å². The smallest absolute Gasteiger partial charge is 0.227 e. The summed E-state index contributed by atoms with van der Waals surface area (Å²) >= 11 is 0. The Labute approximate surface area is 168 Å². The molecule has 0 aliphatic heterocycles. The lowest BCUT2D eigenvalue weighted by molar-refractivity contribution is 0.0615. The third-order valence-corrected chi connectivity index (χ3v) is 4.47. The largest absolute Gasteiger partial charge is 0.367 e. The molecule has 0 atom stereocenters. The topological polar surface area (TPSA) is 95.6 Å². The van der Waals surface area contributed by atoms with Crippen LogP contribution in [0.2, 0.25) is 0 Å². The van der Waals surface area contributed by atoms with E-state index in [1.807, 2.05) is 82.5 Å². The van der Waals surface area contributed by atoms with E-state index in [0.29, 0.717) is 16.3 Å². The fraction of sp³-hybridized carbons (Fsp3) is 0. The van der Waals surface area contributed by atoms with Crippen LogP contribution in [0.4, 0.5) is 5.69 Å². The Morgan fingerprint density at radius 3 is 1.72 bits per heavy atom. The van der Waals surface area contributed by atoms with E-state index in [9.17, 15) is 5.21 Å². The molecule has 0 fully saturated rings. The van der Waals surface area contributed by atoms with Gasteiger partial charge in [-0.15, -0.1) is 0 Å². The number of hydroxylamine groups is 2. The molecule has 4 N–H and O–H groups in total. The van der Waals surface area contributed by atoms with Gasteiger partial charge in [-0.2, -0.15) is 5.06 Å². The number of hydrogen-bond acceptors (Lipinski definition) is 3. The highest BCUT2D eigenvalue weighted by molar-refractivity contribution is 6.06. The number of aliphatic imine (C=N–C) groups is 1. The number of nitrogens with one attached hydrogen (secondary N) is 1. The molecule has 7 nitrogen and oxygen atoms in total. The average Bonchev–Trinajstić information content (AvgIpc) is 3.47. The SMILES string of the molecule is N=C(c1ccc(-n2cccc2)cc1)N(O)C(N)=Nc1ccc(-n2cccc2)cc1. The quantitative estimate of drug-likeness (QED) is 0.283. The summed E-state index contributed by atoms with van der Waals surface area (Å²) in [5, 5.41) is 19.1. The molecule has 2 aromatic heterocycles. The van der Waals surface area contributed by atoms with Crippen LogP contribution in [0, 0.1) is 5.41 Å². The van der Waals surface area contributed by atoms with Crippen LogP contribution in [-0.2, 0) is 0 Å². The normalized spacial score (nSPS) is 11.4. The summed E-state index contributed by atoms with van der Waals surface area (Å²) in [6.45, 7) is 0. The van der Waals surface area contributed by atoms with Crippen molar-refractivity contribution >= 4 is 17.5 Å². The fourth-order valence-corrected chi connectivity index (χ4v) is 2.92. The third-order valence-electron chi connectivity index (χ3n) is 4.47. The lowest BCUT2D eigenvalue weighted by atomic mass is 10.2. The van der Waals surface area contributed by atoms with Crippen LogP contribution >= 0.6 is 0 Å². The maximum absolute atomic E-state index is 10.3. The first-order valence-corrected chi connectivity index (χ1v) is 9.01. The third kappa shape index (κ3) is 3.95. The van der Waals surface area contributed by atoms with Crippen molar-refractivity contribution < 1.29 is 5.21 Å². The first-order chi connectivity index (χ1) is 14.1. The maximum Gasteiger partial charge on any atom is 0.227 e. The molecule has 0 amide bonds. The predicted molar refractivity (Wildman–Crippen MR) is 113 cm³/mol. The maximum atomic E-state index is 10.3. The molecule has 2 aromatic carbocycles. The lowest BCUT2D eigenvalue weighted by Gasteiger charge is -2.17. The van der Waals surface area contributed by atoms with Gasteiger partial charge in [0.25, 0.3) is 0 Å². The fourth-order valence-electron chi connectivity index (χ4n) is 2.92. The Morgan fingerprint density at radius 2 is 1.24 bits per heavy atom. The number of benzene rings is 2. The van der Waals surface area contributed by atoms with Gasteiger partial charge in [0.15, 0.2) is 5.84 Å². The monoisotopic (exact) mass is 384 g/mol. The van der Waals surface area contributed by atoms with Gasteiger partial charge in [0.05, 0.1) is 5.69 Å². The first-order valence-electron chi connectivity index (χ1n) is 9.01. The molecule has 0 aliphatic carbocycles. The molecule has 7 heteroatoms. The Morgan fingerprint density at radius 1 is 0.793 bits per heavy atom. The van der Waals surface area contributed by atoms with Crippen molar-refractivity contribution in [2.45, 2.75) is 0 Å². The summed E-state index contributed by atoms with van der Waals surface area (Å²) in [5.74, 6) is -0.340. The van der Waals surface area contributed by atoms with Gasteiger partial charge in [0.1, 0.15) is 0 Å². The predicted octanol–water partition coefficient (Wildman–Crippen LogP) is 3.93. The number of aromatic nitrogens is 2. The molecule has 4 aromatic rings. The molecule has 144 valence electrons. The Balaban J connectivity index is 1.48. The Kier molecular flexibility index (Phi) is 4.96. The summed E-state index contributed by atoms with van der Waals surface area (Å²) < 4.78 is 3.93. The van der Waals surface area contributed by atoms with Gasteiger partial charge in [-0.3, -0.25) is 10.6 Å². The number of guanidine groups is 1. The summed E-state index contributed by atoms with van der Waals surface area (Å²) in [6, 6.07) is 22.4. The Bertz CT molecular complexity index is 1110. The van der Waals surface area contributed by atoms with Crippen LogP contribution in [0.25, 0.3) is 11.4 Å². The Hall–Kier alpha value is -4.10. The van der Waals surface area contributed by atoms with Crippen molar-refractivity contribution in [2.75, 3.05) is 0 Å². The molecule has 4 rings (SSSR count). The minimum Gasteiger partial charge on any atom is -0.367 e. The number of amidine groups is 1. The van der Waals surface area contributed by atoms with E-state index in [4.69, 9.17) is 11.1 Å². The molecule has 0 aliphatic rings. The average molecular weight is 384 g/mol. The second kappa shape index (κ2) is 7.87. The minimum absolute atomic E-state index is 0.158. The van der Waals surface area contributed by atoms with Crippen molar-refractivity contribution in [2.24, 2.45) is 10.7 Å². The second-order valence-electron chi connectivity index (χ2n) is 6.37. The van der Waals surface area contributed by atoms with E-state index >= 15 is 0 Å². The molecular weight excluding hydrogens is 364 g/mol. The number of nitrogens with two attached hydrogens (primary N) is 1. The van der Waals surface area contributed by atoms with Crippen molar-refractivity contribution in [3.8, 4) is 11.4 Å². The molecular formula is C22H20N6O. The van der Waals surface area contributed by atoms with Gasteiger partial charge >= 0.3 is 0 Å². The highest BCUT2D eigenvalue weighted by Gasteiger charge is 2.13. The van der Waals surface area contributed by atoms with Gasteiger partial charge in [-0.25, -0.2) is 4.99 Å². The van der Waals surface area contributed by atoms with Crippen molar-refractivity contribution in [3.05, 3.63) is 103 Å². The van der Waals surface area contributed by atoms with Crippen molar-refractivity contribution in [3.63, 3.8) is 0 Å². The molecule has 0 radical (unpaired) electrons. The molecule has 0 saturated heterocycles. The van der Waals surface area contributed by atoms with Crippen LogP contribution in [0.5, 0.6) is 0 Å². The van der Waals surface area contributed by atoms with Crippen LogP contribution in [0.1, 0.15) is 5.56 Å². The van der Waals surface area contributed by atoms with Crippen LogP contribution in [0.15, 0.2) is 103 Å². The second-order valence-corrected chi connectivity index (χ2v) is 6.37. The molecule has 0 bridgehead atoms. The van der Waals surface area contributed by atoms with E-state index in [-0.39, 0.29) is 11.8 Å².